The van der Waals surface area contributed by atoms with Crippen molar-refractivity contribution in [2.24, 2.45) is 5.16 Å². The van der Waals surface area contributed by atoms with Gasteiger partial charge in [-0.2, -0.15) is 9.36 Å². The van der Waals surface area contributed by atoms with Gasteiger partial charge in [-0.25, -0.2) is 19.1 Å². The summed E-state index contributed by atoms with van der Waals surface area (Å²) in [5, 5.41) is 29.7. The van der Waals surface area contributed by atoms with Gasteiger partial charge in [0.1, 0.15) is 47.5 Å². The molecule has 4 aromatic heterocycles. The standard InChI is InChI=1S/C24H20N10O7S4/c1-41-30-13(17-29-23(25)45-31-17)18(35)28-14-19(36)34-15(21(37)38)10(8-42-20(14)34)9-43-24-27-11(16(44-24)22(39)40)7-32-5-6-33-12(32)3-2-4-26-33/h2-6,14,20H,7-9H2,1H3,(H4-,25,28,29,31,35,37,38,39,40)/p+1/b30-13+/t14-,20?/m1/s1. The number of thioether (sulfide) groups is 2. The molecule has 2 aliphatic heterocycles. The third-order valence-corrected chi connectivity index (χ3v) is 10.8. The summed E-state index contributed by atoms with van der Waals surface area (Å²) >= 11 is 4.32. The number of nitrogens with one attached hydrogen (secondary N) is 1. The highest BCUT2D eigenvalue weighted by atomic mass is 32.2. The Labute approximate surface area is 268 Å². The highest BCUT2D eigenvalue weighted by Gasteiger charge is 2.54. The third kappa shape index (κ3) is 5.81. The van der Waals surface area contributed by atoms with Gasteiger partial charge >= 0.3 is 17.6 Å². The van der Waals surface area contributed by atoms with Gasteiger partial charge in [-0.15, -0.1) is 27.6 Å². The molecule has 0 spiro atoms. The van der Waals surface area contributed by atoms with Crippen LogP contribution in [-0.4, -0.2) is 98.6 Å². The number of thiazole rings is 1. The molecular formula is C24H21N10O7S4+. The quantitative estimate of drug-likeness (QED) is 0.0540. The fraction of sp³-hybridized carbons (Fsp3) is 0.250. The molecule has 2 amide bonds. The number of aromatic carboxylic acids is 1. The molecule has 5 N–H and O–H groups in total. The number of carboxylic acid groups (broad SMARTS) is 2. The molecule has 0 bridgehead atoms. The lowest BCUT2D eigenvalue weighted by Gasteiger charge is -2.49. The molecule has 0 radical (unpaired) electrons. The van der Waals surface area contributed by atoms with E-state index in [1.165, 1.54) is 30.6 Å². The number of amides is 2. The first-order valence-corrected chi connectivity index (χ1v) is 16.4. The summed E-state index contributed by atoms with van der Waals surface area (Å²) in [5.41, 5.74) is 6.70. The Morgan fingerprint density at radius 1 is 1.29 bits per heavy atom. The minimum atomic E-state index is -1.30. The number of rotatable bonds is 11. The second-order valence-corrected chi connectivity index (χ2v) is 13.4. The molecule has 4 aromatic rings. The summed E-state index contributed by atoms with van der Waals surface area (Å²) in [5.74, 6) is -3.48. The second-order valence-electron chi connectivity index (χ2n) is 9.30. The van der Waals surface area contributed by atoms with Crippen LogP contribution in [0.3, 0.4) is 0 Å². The number of hydrogen-bond acceptors (Lipinski definition) is 15. The number of carbonyl (C=O) groups is 4. The number of oxime groups is 1. The minimum absolute atomic E-state index is 0.0715. The topological polar surface area (TPSA) is 231 Å². The maximum Gasteiger partial charge on any atom is 0.352 e. The number of carbonyl (C=O) groups excluding carboxylic acids is 2. The molecule has 17 nitrogen and oxygen atoms in total. The van der Waals surface area contributed by atoms with Crippen LogP contribution in [0.25, 0.3) is 5.65 Å². The van der Waals surface area contributed by atoms with Crippen LogP contribution in [0.15, 0.2) is 51.5 Å². The van der Waals surface area contributed by atoms with E-state index in [0.29, 0.717) is 15.6 Å². The second kappa shape index (κ2) is 12.4. The van der Waals surface area contributed by atoms with Gasteiger partial charge in [0.25, 0.3) is 11.8 Å². The first-order chi connectivity index (χ1) is 21.7. The Hall–Kier alpha value is -4.60. The number of aromatic nitrogens is 6. The van der Waals surface area contributed by atoms with E-state index in [-0.39, 0.29) is 45.3 Å². The Morgan fingerprint density at radius 2 is 2.11 bits per heavy atom. The number of aliphatic carboxylic acids is 1. The molecule has 1 saturated heterocycles. The van der Waals surface area contributed by atoms with E-state index < -0.39 is 35.2 Å². The predicted octanol–water partition coefficient (Wildman–Crippen LogP) is 0.140. The molecule has 0 saturated carbocycles. The Balaban J connectivity index is 1.17. The van der Waals surface area contributed by atoms with Crippen molar-refractivity contribution in [3.63, 3.8) is 0 Å². The fourth-order valence-corrected chi connectivity index (χ4v) is 8.59. The Kier molecular flexibility index (Phi) is 8.40. The summed E-state index contributed by atoms with van der Waals surface area (Å²) in [4.78, 5) is 64.8. The van der Waals surface area contributed by atoms with E-state index in [0.717, 1.165) is 33.4 Å². The molecule has 0 aliphatic carbocycles. The number of carboxylic acids is 2. The van der Waals surface area contributed by atoms with Crippen LogP contribution >= 0.6 is 46.4 Å². The average Bonchev–Trinajstić information content (AvgIpc) is 3.75. The molecule has 6 heterocycles. The molecule has 2 aliphatic rings. The van der Waals surface area contributed by atoms with Crippen molar-refractivity contribution in [2.75, 3.05) is 24.3 Å². The van der Waals surface area contributed by atoms with Gasteiger partial charge in [0.15, 0.2) is 15.7 Å². The Morgan fingerprint density at radius 3 is 2.82 bits per heavy atom. The highest BCUT2D eigenvalue weighted by molar-refractivity contribution is 8.01. The highest BCUT2D eigenvalue weighted by Crippen LogP contribution is 2.42. The van der Waals surface area contributed by atoms with E-state index in [4.69, 9.17) is 10.6 Å². The van der Waals surface area contributed by atoms with Crippen LogP contribution in [-0.2, 0) is 25.8 Å². The van der Waals surface area contributed by atoms with E-state index in [1.807, 2.05) is 10.6 Å². The first kappa shape index (κ1) is 30.4. The van der Waals surface area contributed by atoms with Crippen LogP contribution in [0.1, 0.15) is 21.2 Å². The van der Waals surface area contributed by atoms with Crippen molar-refractivity contribution in [1.29, 1.82) is 0 Å². The van der Waals surface area contributed by atoms with Crippen molar-refractivity contribution in [3.05, 3.63) is 58.4 Å². The average molecular weight is 690 g/mol. The zero-order valence-corrected chi connectivity index (χ0v) is 26.2. The van der Waals surface area contributed by atoms with Crippen molar-refractivity contribution in [2.45, 2.75) is 22.3 Å². The third-order valence-electron chi connectivity index (χ3n) is 6.59. The zero-order valence-electron chi connectivity index (χ0n) is 22.9. The normalized spacial score (nSPS) is 18.1. The van der Waals surface area contributed by atoms with Gasteiger partial charge in [0.05, 0.1) is 6.20 Å². The molecular weight excluding hydrogens is 669 g/mol. The number of anilines is 1. The maximum absolute atomic E-state index is 13.1. The minimum Gasteiger partial charge on any atom is -0.477 e. The molecule has 232 valence electrons. The molecule has 0 aromatic carbocycles. The van der Waals surface area contributed by atoms with E-state index in [1.54, 1.807) is 29.2 Å². The van der Waals surface area contributed by atoms with Crippen molar-refractivity contribution >= 4 is 86.6 Å². The van der Waals surface area contributed by atoms with Gasteiger partial charge in [-0.1, -0.05) is 22.0 Å². The maximum atomic E-state index is 13.1. The SMILES string of the molecule is CO/N=C(/C(=O)N[C@@H]1C(=O)N2C(C(=O)O)=C(CSc3nc(C[n+]4ccn5ncccc54)c(C(=O)O)s3)CSC12)c1nsc(N)n1. The largest absolute Gasteiger partial charge is 0.477 e. The van der Waals surface area contributed by atoms with Gasteiger partial charge in [-0.3, -0.25) is 14.5 Å². The molecule has 6 rings (SSSR count). The van der Waals surface area contributed by atoms with E-state index >= 15 is 0 Å². The Bertz CT molecular complexity index is 1920. The predicted molar refractivity (Wildman–Crippen MR) is 162 cm³/mol. The van der Waals surface area contributed by atoms with Crippen LogP contribution in [0.2, 0.25) is 0 Å². The van der Waals surface area contributed by atoms with Gasteiger partial charge in [0, 0.05) is 29.1 Å². The van der Waals surface area contributed by atoms with Gasteiger partial charge < -0.3 is 26.1 Å². The molecule has 2 atom stereocenters. The number of fused-ring (bicyclic) bond motifs is 2. The summed E-state index contributed by atoms with van der Waals surface area (Å²) in [7, 11) is 1.23. The van der Waals surface area contributed by atoms with Gasteiger partial charge in [-0.05, 0) is 11.6 Å². The summed E-state index contributed by atoms with van der Waals surface area (Å²) in [6.45, 7) is 0.194. The van der Waals surface area contributed by atoms with E-state index in [2.05, 4.69) is 29.9 Å². The smallest absolute Gasteiger partial charge is 0.352 e. The molecule has 45 heavy (non-hydrogen) atoms. The number of β-lactam (4-membered cyclic amide) rings is 1. The van der Waals surface area contributed by atoms with Crippen molar-refractivity contribution in [3.8, 4) is 0 Å². The number of nitrogen functional groups attached to an aromatic ring is 1. The van der Waals surface area contributed by atoms with Crippen LogP contribution < -0.4 is 15.6 Å². The fourth-order valence-electron chi connectivity index (χ4n) is 4.66. The lowest BCUT2D eigenvalue weighted by molar-refractivity contribution is -0.662. The van der Waals surface area contributed by atoms with Crippen LogP contribution in [0.4, 0.5) is 5.13 Å². The lowest BCUT2D eigenvalue weighted by Crippen LogP contribution is -2.71. The van der Waals surface area contributed by atoms with Crippen LogP contribution in [0.5, 0.6) is 0 Å². The van der Waals surface area contributed by atoms with Crippen molar-refractivity contribution < 1.29 is 38.8 Å². The first-order valence-electron chi connectivity index (χ1n) is 12.8. The number of imidazole rings is 1. The molecule has 1 fully saturated rings. The lowest BCUT2D eigenvalue weighted by atomic mass is 10.0. The number of hydrogen-bond donors (Lipinski definition) is 4. The summed E-state index contributed by atoms with van der Waals surface area (Å²) in [6.07, 6.45) is 5.16. The van der Waals surface area contributed by atoms with E-state index in [9.17, 15) is 29.4 Å². The molecule has 1 unspecified atom stereocenters. The molecule has 21 heteroatoms. The van der Waals surface area contributed by atoms with Gasteiger partial charge in [0.2, 0.25) is 11.5 Å². The van der Waals surface area contributed by atoms with Crippen LogP contribution in [0, 0.1) is 0 Å². The number of nitrogens with two attached hydrogens (primary N) is 1. The summed E-state index contributed by atoms with van der Waals surface area (Å²) < 4.78 is 7.87. The number of nitrogens with zero attached hydrogens (tertiary/aromatic N) is 8. The zero-order chi connectivity index (χ0) is 31.8. The van der Waals surface area contributed by atoms with Crippen molar-refractivity contribution in [1.82, 2.24) is 34.2 Å². The monoisotopic (exact) mass is 689 g/mol. The summed E-state index contributed by atoms with van der Waals surface area (Å²) in [6, 6.07) is 2.59.